The fourth-order valence-corrected chi connectivity index (χ4v) is 4.39. The summed E-state index contributed by atoms with van der Waals surface area (Å²) in [5, 5.41) is 2.98. The summed E-state index contributed by atoms with van der Waals surface area (Å²) in [7, 11) is 0. The standard InChI is InChI=1S/C19H20N2OS2/c1-12(2)11-23-19-21-16-9-8-14(10-17(16)24-19)20-18(22)15-7-5-4-6-13(15)3/h4-10,12H,11H2,1-3H3,(H,20,22). The summed E-state index contributed by atoms with van der Waals surface area (Å²) in [5.41, 5.74) is 3.47. The van der Waals surface area contributed by atoms with Crippen LogP contribution in [0.3, 0.4) is 0 Å². The summed E-state index contributed by atoms with van der Waals surface area (Å²) in [5.74, 6) is 1.63. The number of carbonyl (C=O) groups excluding carboxylic acids is 1. The van der Waals surface area contributed by atoms with Crippen LogP contribution in [0, 0.1) is 12.8 Å². The van der Waals surface area contributed by atoms with Gasteiger partial charge in [0.2, 0.25) is 0 Å². The number of benzene rings is 2. The second kappa shape index (κ2) is 7.36. The molecule has 0 saturated heterocycles. The molecule has 1 N–H and O–H groups in total. The first-order chi connectivity index (χ1) is 11.5. The zero-order valence-electron chi connectivity index (χ0n) is 14.0. The van der Waals surface area contributed by atoms with Crippen molar-refractivity contribution < 1.29 is 4.79 Å². The number of hydrogen-bond acceptors (Lipinski definition) is 4. The van der Waals surface area contributed by atoms with Crippen molar-refractivity contribution in [2.75, 3.05) is 11.1 Å². The van der Waals surface area contributed by atoms with Gasteiger partial charge in [0, 0.05) is 17.0 Å². The third kappa shape index (κ3) is 3.97. The molecule has 1 amide bonds. The van der Waals surface area contributed by atoms with Crippen LogP contribution >= 0.6 is 23.1 Å². The van der Waals surface area contributed by atoms with Crippen LogP contribution in [0.5, 0.6) is 0 Å². The third-order valence-corrected chi connectivity index (χ3v) is 6.14. The predicted molar refractivity (Wildman–Crippen MR) is 104 cm³/mol. The Balaban J connectivity index is 1.78. The van der Waals surface area contributed by atoms with Crippen molar-refractivity contribution in [3.8, 4) is 0 Å². The van der Waals surface area contributed by atoms with Gasteiger partial charge in [0.1, 0.15) is 0 Å². The minimum Gasteiger partial charge on any atom is -0.322 e. The predicted octanol–water partition coefficient (Wildman–Crippen LogP) is 5.61. The second-order valence-electron chi connectivity index (χ2n) is 6.14. The van der Waals surface area contributed by atoms with Crippen LogP contribution in [0.25, 0.3) is 10.2 Å². The summed E-state index contributed by atoms with van der Waals surface area (Å²) in [6.07, 6.45) is 0. The van der Waals surface area contributed by atoms with E-state index in [2.05, 4.69) is 24.1 Å². The minimum atomic E-state index is -0.0774. The van der Waals surface area contributed by atoms with Crippen molar-refractivity contribution in [2.24, 2.45) is 5.92 Å². The molecule has 3 rings (SSSR count). The quantitative estimate of drug-likeness (QED) is 0.605. The summed E-state index contributed by atoms with van der Waals surface area (Å²) >= 11 is 3.47. The number of anilines is 1. The van der Waals surface area contributed by atoms with Crippen LogP contribution in [0.15, 0.2) is 46.8 Å². The monoisotopic (exact) mass is 356 g/mol. The maximum absolute atomic E-state index is 12.4. The van der Waals surface area contributed by atoms with E-state index in [4.69, 9.17) is 0 Å². The molecule has 2 aromatic carbocycles. The zero-order chi connectivity index (χ0) is 17.1. The first kappa shape index (κ1) is 17.0. The molecule has 0 aliphatic rings. The molecule has 5 heteroatoms. The number of thiazole rings is 1. The van der Waals surface area contributed by atoms with Gasteiger partial charge < -0.3 is 5.32 Å². The SMILES string of the molecule is Cc1ccccc1C(=O)Nc1ccc2nc(SCC(C)C)sc2c1. The van der Waals surface area contributed by atoms with E-state index in [1.165, 1.54) is 0 Å². The zero-order valence-corrected chi connectivity index (χ0v) is 15.6. The lowest BCUT2D eigenvalue weighted by Crippen LogP contribution is -2.13. The average Bonchev–Trinajstić information content (AvgIpc) is 2.95. The maximum Gasteiger partial charge on any atom is 0.255 e. The molecule has 1 aromatic heterocycles. The number of fused-ring (bicyclic) bond motifs is 1. The fourth-order valence-electron chi connectivity index (χ4n) is 2.31. The van der Waals surface area contributed by atoms with Gasteiger partial charge in [-0.05, 0) is 42.7 Å². The van der Waals surface area contributed by atoms with Gasteiger partial charge in [-0.15, -0.1) is 11.3 Å². The highest BCUT2D eigenvalue weighted by molar-refractivity contribution is 8.01. The number of rotatable bonds is 5. The van der Waals surface area contributed by atoms with E-state index >= 15 is 0 Å². The average molecular weight is 357 g/mol. The third-order valence-electron chi connectivity index (χ3n) is 3.56. The van der Waals surface area contributed by atoms with Crippen molar-refractivity contribution in [3.63, 3.8) is 0 Å². The number of nitrogens with zero attached hydrogens (tertiary/aromatic N) is 1. The molecule has 0 aliphatic carbocycles. The fraction of sp³-hybridized carbons (Fsp3) is 0.263. The second-order valence-corrected chi connectivity index (χ2v) is 8.43. The van der Waals surface area contributed by atoms with Crippen molar-refractivity contribution in [1.29, 1.82) is 0 Å². The Morgan fingerprint density at radius 1 is 1.25 bits per heavy atom. The Morgan fingerprint density at radius 2 is 2.04 bits per heavy atom. The van der Waals surface area contributed by atoms with E-state index in [-0.39, 0.29) is 5.91 Å². The van der Waals surface area contributed by atoms with Crippen molar-refractivity contribution in [2.45, 2.75) is 25.1 Å². The summed E-state index contributed by atoms with van der Waals surface area (Å²) in [4.78, 5) is 17.1. The van der Waals surface area contributed by atoms with Gasteiger partial charge in [0.15, 0.2) is 4.34 Å². The van der Waals surface area contributed by atoms with Crippen molar-refractivity contribution in [3.05, 3.63) is 53.6 Å². The van der Waals surface area contributed by atoms with Gasteiger partial charge in [-0.25, -0.2) is 4.98 Å². The molecule has 0 unspecified atom stereocenters. The Labute approximate surface area is 150 Å². The highest BCUT2D eigenvalue weighted by Gasteiger charge is 2.10. The molecule has 0 saturated carbocycles. The molecule has 0 aliphatic heterocycles. The summed E-state index contributed by atoms with van der Waals surface area (Å²) in [6, 6.07) is 13.5. The van der Waals surface area contributed by atoms with E-state index in [9.17, 15) is 4.79 Å². The van der Waals surface area contributed by atoms with Crippen LogP contribution < -0.4 is 5.32 Å². The van der Waals surface area contributed by atoms with Gasteiger partial charge in [0.05, 0.1) is 10.2 Å². The van der Waals surface area contributed by atoms with Gasteiger partial charge in [-0.3, -0.25) is 4.79 Å². The largest absolute Gasteiger partial charge is 0.322 e. The smallest absolute Gasteiger partial charge is 0.255 e. The molecule has 124 valence electrons. The molecular weight excluding hydrogens is 336 g/mol. The van der Waals surface area contributed by atoms with E-state index in [1.54, 1.807) is 23.1 Å². The van der Waals surface area contributed by atoms with Crippen LogP contribution in [-0.2, 0) is 0 Å². The Hall–Kier alpha value is -1.85. The highest BCUT2D eigenvalue weighted by atomic mass is 32.2. The molecule has 0 bridgehead atoms. The lowest BCUT2D eigenvalue weighted by Gasteiger charge is -2.07. The molecular formula is C19H20N2OS2. The van der Waals surface area contributed by atoms with Crippen LogP contribution in [0.1, 0.15) is 29.8 Å². The molecule has 3 aromatic rings. The van der Waals surface area contributed by atoms with Gasteiger partial charge >= 0.3 is 0 Å². The van der Waals surface area contributed by atoms with Gasteiger partial charge in [-0.2, -0.15) is 0 Å². The molecule has 3 nitrogen and oxygen atoms in total. The number of thioether (sulfide) groups is 1. The highest BCUT2D eigenvalue weighted by Crippen LogP contribution is 2.32. The number of amides is 1. The van der Waals surface area contributed by atoms with E-state index in [1.807, 2.05) is 49.4 Å². The first-order valence-corrected chi connectivity index (χ1v) is 9.73. The van der Waals surface area contributed by atoms with E-state index in [0.29, 0.717) is 11.5 Å². The first-order valence-electron chi connectivity index (χ1n) is 7.93. The van der Waals surface area contributed by atoms with E-state index in [0.717, 1.165) is 31.6 Å². The topological polar surface area (TPSA) is 42.0 Å². The Morgan fingerprint density at radius 3 is 2.79 bits per heavy atom. The van der Waals surface area contributed by atoms with Gasteiger partial charge in [0.25, 0.3) is 5.91 Å². The Kier molecular flexibility index (Phi) is 5.21. The molecule has 0 spiro atoms. The molecule has 1 heterocycles. The van der Waals surface area contributed by atoms with Crippen LogP contribution in [-0.4, -0.2) is 16.6 Å². The summed E-state index contributed by atoms with van der Waals surface area (Å²) < 4.78 is 2.19. The lowest BCUT2D eigenvalue weighted by molar-refractivity contribution is 0.102. The number of hydrogen-bond donors (Lipinski definition) is 1. The maximum atomic E-state index is 12.4. The molecule has 0 fully saturated rings. The minimum absolute atomic E-state index is 0.0774. The normalized spacial score (nSPS) is 11.2. The van der Waals surface area contributed by atoms with Crippen LogP contribution in [0.2, 0.25) is 0 Å². The summed E-state index contributed by atoms with van der Waals surface area (Å²) in [6.45, 7) is 6.36. The molecule has 24 heavy (non-hydrogen) atoms. The van der Waals surface area contributed by atoms with Crippen LogP contribution in [0.4, 0.5) is 5.69 Å². The van der Waals surface area contributed by atoms with E-state index < -0.39 is 0 Å². The number of carbonyl (C=O) groups is 1. The van der Waals surface area contributed by atoms with Crippen molar-refractivity contribution >= 4 is 44.9 Å². The molecule has 0 radical (unpaired) electrons. The lowest BCUT2D eigenvalue weighted by atomic mass is 10.1. The number of nitrogens with one attached hydrogen (secondary N) is 1. The van der Waals surface area contributed by atoms with Crippen molar-refractivity contribution in [1.82, 2.24) is 4.98 Å². The number of aryl methyl sites for hydroxylation is 1. The number of aromatic nitrogens is 1. The van der Waals surface area contributed by atoms with Gasteiger partial charge in [-0.1, -0.05) is 43.8 Å². The Bertz CT molecular complexity index is 871. The molecule has 0 atom stereocenters.